The number of hydrogen-bond donors (Lipinski definition) is 1. The summed E-state index contributed by atoms with van der Waals surface area (Å²) in [6.45, 7) is 6.60. The number of benzene rings is 1. The van der Waals surface area contributed by atoms with Gasteiger partial charge in [-0.1, -0.05) is 32.9 Å². The van der Waals surface area contributed by atoms with E-state index in [2.05, 4.69) is 45.0 Å². The monoisotopic (exact) mass is 258 g/mol. The second-order valence-electron chi connectivity index (χ2n) is 4.89. The van der Waals surface area contributed by atoms with Gasteiger partial charge >= 0.3 is 0 Å². The van der Waals surface area contributed by atoms with Gasteiger partial charge in [0.1, 0.15) is 0 Å². The van der Waals surface area contributed by atoms with Crippen molar-refractivity contribution < 1.29 is 5.11 Å². The second-order valence-corrected chi connectivity index (χ2v) is 6.30. The summed E-state index contributed by atoms with van der Waals surface area (Å²) in [7, 11) is 0. The summed E-state index contributed by atoms with van der Waals surface area (Å²) in [5, 5.41) is 9.35. The molecule has 0 saturated heterocycles. The van der Waals surface area contributed by atoms with Crippen molar-refractivity contribution in [2.24, 2.45) is 0 Å². The predicted octanol–water partition coefficient (Wildman–Crippen LogP) is 3.68. The third kappa shape index (κ3) is 4.36. The molecule has 0 fully saturated rings. The minimum atomic E-state index is -0.422. The standard InChI is InChI=1S/C13H19ClOS/c1-13(2,3)10-4-6-12(7-5-10)16-9-11(15)8-14/h4-7,11,15H,8-9H2,1-3H3. The van der Waals surface area contributed by atoms with Crippen molar-refractivity contribution in [2.45, 2.75) is 37.2 Å². The van der Waals surface area contributed by atoms with E-state index in [4.69, 9.17) is 11.6 Å². The Balaban J connectivity index is 2.58. The van der Waals surface area contributed by atoms with Gasteiger partial charge in [-0.25, -0.2) is 0 Å². The van der Waals surface area contributed by atoms with E-state index in [0.717, 1.165) is 0 Å². The molecule has 0 aliphatic rings. The van der Waals surface area contributed by atoms with E-state index in [0.29, 0.717) is 11.6 Å². The van der Waals surface area contributed by atoms with Crippen molar-refractivity contribution in [3.8, 4) is 0 Å². The first-order valence-electron chi connectivity index (χ1n) is 5.41. The van der Waals surface area contributed by atoms with E-state index < -0.39 is 6.10 Å². The first kappa shape index (κ1) is 13.9. The zero-order chi connectivity index (χ0) is 12.2. The molecule has 0 aromatic heterocycles. The largest absolute Gasteiger partial charge is 0.391 e. The van der Waals surface area contributed by atoms with Crippen LogP contribution in [-0.4, -0.2) is 22.8 Å². The third-order valence-corrected chi connectivity index (χ3v) is 3.85. The lowest BCUT2D eigenvalue weighted by Gasteiger charge is -2.19. The van der Waals surface area contributed by atoms with Crippen LogP contribution in [0.1, 0.15) is 26.3 Å². The molecule has 1 N–H and O–H groups in total. The lowest BCUT2D eigenvalue weighted by Crippen LogP contribution is -2.11. The predicted molar refractivity (Wildman–Crippen MR) is 72.6 cm³/mol. The van der Waals surface area contributed by atoms with Gasteiger partial charge in [-0.3, -0.25) is 0 Å². The SMILES string of the molecule is CC(C)(C)c1ccc(SCC(O)CCl)cc1. The topological polar surface area (TPSA) is 20.2 Å². The van der Waals surface area contributed by atoms with Gasteiger partial charge in [0.2, 0.25) is 0 Å². The molecule has 1 nitrogen and oxygen atoms in total. The molecule has 1 aromatic rings. The Kier molecular flexibility index (Phi) is 5.16. The first-order chi connectivity index (χ1) is 7.43. The van der Waals surface area contributed by atoms with Crippen LogP contribution in [0.2, 0.25) is 0 Å². The molecule has 3 heteroatoms. The van der Waals surface area contributed by atoms with Crippen molar-refractivity contribution in [3.63, 3.8) is 0 Å². The summed E-state index contributed by atoms with van der Waals surface area (Å²) in [6, 6.07) is 8.50. The summed E-state index contributed by atoms with van der Waals surface area (Å²) in [4.78, 5) is 1.18. The average Bonchev–Trinajstić information content (AvgIpc) is 2.25. The van der Waals surface area contributed by atoms with Gasteiger partial charge in [0, 0.05) is 16.5 Å². The molecule has 0 bridgehead atoms. The van der Waals surface area contributed by atoms with Crippen molar-refractivity contribution in [2.75, 3.05) is 11.6 Å². The highest BCUT2D eigenvalue weighted by Gasteiger charge is 2.13. The highest BCUT2D eigenvalue weighted by molar-refractivity contribution is 7.99. The van der Waals surface area contributed by atoms with Gasteiger partial charge in [-0.05, 0) is 23.1 Å². The highest BCUT2D eigenvalue weighted by atomic mass is 35.5. The van der Waals surface area contributed by atoms with Crippen molar-refractivity contribution in [1.82, 2.24) is 0 Å². The molecular weight excluding hydrogens is 240 g/mol. The normalized spacial score (nSPS) is 13.8. The maximum absolute atomic E-state index is 9.35. The maximum Gasteiger partial charge on any atom is 0.0769 e. The Labute approximate surface area is 107 Å². The summed E-state index contributed by atoms with van der Waals surface area (Å²) >= 11 is 7.18. The van der Waals surface area contributed by atoms with E-state index in [1.54, 1.807) is 11.8 Å². The fourth-order valence-corrected chi connectivity index (χ4v) is 2.36. The highest BCUT2D eigenvalue weighted by Crippen LogP contribution is 2.25. The van der Waals surface area contributed by atoms with Gasteiger partial charge in [0.25, 0.3) is 0 Å². The van der Waals surface area contributed by atoms with Crippen LogP contribution in [0.3, 0.4) is 0 Å². The average molecular weight is 259 g/mol. The first-order valence-corrected chi connectivity index (χ1v) is 6.93. The Morgan fingerprint density at radius 2 is 1.81 bits per heavy atom. The molecule has 1 unspecified atom stereocenters. The van der Waals surface area contributed by atoms with E-state index in [-0.39, 0.29) is 5.41 Å². The number of aliphatic hydroxyl groups excluding tert-OH is 1. The van der Waals surface area contributed by atoms with Crippen molar-refractivity contribution in [1.29, 1.82) is 0 Å². The molecule has 0 radical (unpaired) electrons. The molecule has 0 spiro atoms. The summed E-state index contributed by atoms with van der Waals surface area (Å²) in [6.07, 6.45) is -0.422. The van der Waals surface area contributed by atoms with Gasteiger partial charge < -0.3 is 5.11 Å². The van der Waals surface area contributed by atoms with Crippen LogP contribution in [0.25, 0.3) is 0 Å². The van der Waals surface area contributed by atoms with E-state index in [1.165, 1.54) is 10.5 Å². The van der Waals surface area contributed by atoms with Crippen LogP contribution in [0.4, 0.5) is 0 Å². The molecular formula is C13H19ClOS. The minimum Gasteiger partial charge on any atom is -0.391 e. The quantitative estimate of drug-likeness (QED) is 0.657. The fourth-order valence-electron chi connectivity index (χ4n) is 1.29. The zero-order valence-electron chi connectivity index (χ0n) is 10.0. The molecule has 0 amide bonds. The number of rotatable bonds is 4. The molecule has 1 aromatic carbocycles. The van der Waals surface area contributed by atoms with Gasteiger partial charge in [-0.15, -0.1) is 23.4 Å². The number of halogens is 1. The van der Waals surface area contributed by atoms with Crippen LogP contribution < -0.4 is 0 Å². The molecule has 1 atom stereocenters. The molecule has 90 valence electrons. The Morgan fingerprint density at radius 3 is 2.25 bits per heavy atom. The summed E-state index contributed by atoms with van der Waals surface area (Å²) in [5.41, 5.74) is 1.52. The van der Waals surface area contributed by atoms with Gasteiger partial charge in [0.15, 0.2) is 0 Å². The lowest BCUT2D eigenvalue weighted by atomic mass is 9.87. The molecule has 0 aliphatic carbocycles. The van der Waals surface area contributed by atoms with E-state index in [1.807, 2.05) is 0 Å². The molecule has 0 saturated carbocycles. The maximum atomic E-state index is 9.35. The Hall–Kier alpha value is -0.180. The van der Waals surface area contributed by atoms with Crippen molar-refractivity contribution in [3.05, 3.63) is 29.8 Å². The Bertz CT molecular complexity index is 316. The molecule has 1 rings (SSSR count). The number of aliphatic hydroxyl groups is 1. The summed E-state index contributed by atoms with van der Waals surface area (Å²) < 4.78 is 0. The van der Waals surface area contributed by atoms with Crippen LogP contribution in [0, 0.1) is 0 Å². The molecule has 0 aliphatic heterocycles. The van der Waals surface area contributed by atoms with Crippen LogP contribution in [0.5, 0.6) is 0 Å². The van der Waals surface area contributed by atoms with Crippen LogP contribution >= 0.6 is 23.4 Å². The van der Waals surface area contributed by atoms with Crippen LogP contribution in [-0.2, 0) is 5.41 Å². The molecule has 0 heterocycles. The number of thioether (sulfide) groups is 1. The van der Waals surface area contributed by atoms with E-state index >= 15 is 0 Å². The lowest BCUT2D eigenvalue weighted by molar-refractivity contribution is 0.223. The molecule has 16 heavy (non-hydrogen) atoms. The minimum absolute atomic E-state index is 0.193. The summed E-state index contributed by atoms with van der Waals surface area (Å²) in [5.74, 6) is 0.950. The fraction of sp³-hybridized carbons (Fsp3) is 0.538. The second kappa shape index (κ2) is 5.95. The van der Waals surface area contributed by atoms with E-state index in [9.17, 15) is 5.11 Å². The Morgan fingerprint density at radius 1 is 1.25 bits per heavy atom. The van der Waals surface area contributed by atoms with Crippen molar-refractivity contribution >= 4 is 23.4 Å². The van der Waals surface area contributed by atoms with Crippen LogP contribution in [0.15, 0.2) is 29.2 Å². The zero-order valence-corrected chi connectivity index (χ0v) is 11.6. The van der Waals surface area contributed by atoms with Gasteiger partial charge in [0.05, 0.1) is 6.10 Å². The smallest absolute Gasteiger partial charge is 0.0769 e. The third-order valence-electron chi connectivity index (χ3n) is 2.34. The number of alkyl halides is 1. The number of hydrogen-bond acceptors (Lipinski definition) is 2. The van der Waals surface area contributed by atoms with Gasteiger partial charge in [-0.2, -0.15) is 0 Å².